The molecule has 1 heterocycles. The van der Waals surface area contributed by atoms with Gasteiger partial charge >= 0.3 is 11.9 Å². The molecule has 0 bridgehead atoms. The molecule has 0 fully saturated rings. The monoisotopic (exact) mass is 581 g/mol. The van der Waals surface area contributed by atoms with Gasteiger partial charge in [-0.1, -0.05) is 71.8 Å². The molecule has 208 valence electrons. The largest absolute Gasteiger partial charge is 0.493 e. The molecule has 3 aromatic carbocycles. The molecule has 2 N–H and O–H groups in total. The number of aliphatic carboxylic acids is 2. The number of ether oxygens (including phenoxy) is 2. The van der Waals surface area contributed by atoms with Crippen molar-refractivity contribution in [1.29, 1.82) is 0 Å². The van der Waals surface area contributed by atoms with Crippen LogP contribution in [0.25, 0.3) is 23.1 Å². The minimum absolute atomic E-state index is 0.0660. The fraction of sp³-hybridized carbons (Fsp3) is 0.226. The minimum Gasteiger partial charge on any atom is -0.493 e. The Hall–Kier alpha value is -3.94. The number of carbonyl (C=O) groups is 2. The van der Waals surface area contributed by atoms with Gasteiger partial charge in [-0.15, -0.1) is 0 Å². The number of halogens is 2. The van der Waals surface area contributed by atoms with Crippen LogP contribution in [0.5, 0.6) is 11.5 Å². The third kappa shape index (κ3) is 7.81. The maximum atomic E-state index is 11.5. The van der Waals surface area contributed by atoms with E-state index in [1.54, 1.807) is 22.8 Å². The molecule has 0 spiro atoms. The van der Waals surface area contributed by atoms with Crippen LogP contribution in [0.2, 0.25) is 10.0 Å². The molecule has 0 saturated heterocycles. The molecule has 0 aliphatic rings. The summed E-state index contributed by atoms with van der Waals surface area (Å²) in [6, 6.07) is 18.7. The molecule has 9 heteroatoms. The smallest absolute Gasteiger partial charge is 0.323 e. The quantitative estimate of drug-likeness (QED) is 0.118. The molecule has 0 aliphatic heterocycles. The first-order valence-electron chi connectivity index (χ1n) is 12.8. The number of hydrogen-bond donors (Lipinski definition) is 2. The van der Waals surface area contributed by atoms with Gasteiger partial charge in [0.15, 0.2) is 0 Å². The van der Waals surface area contributed by atoms with E-state index in [1.807, 2.05) is 60.8 Å². The van der Waals surface area contributed by atoms with E-state index in [-0.39, 0.29) is 13.0 Å². The predicted molar refractivity (Wildman–Crippen MR) is 158 cm³/mol. The second-order valence-electron chi connectivity index (χ2n) is 9.17. The van der Waals surface area contributed by atoms with E-state index < -0.39 is 11.9 Å². The minimum atomic E-state index is -0.941. The second kappa shape index (κ2) is 13.9. The standard InChI is InChI=1S/C31H29Cl2NO6/c32-26-8-3-9-27(30(26)33)40-18-4-17-39-24-15-12-21(13-16-24)11-14-22-5-1-7-25-23(6-2-10-28(35)36)19-34(31(22)25)20-29(37)38/h1,3,5,7-9,11-16,19H,2,4,6,10,17-18,20H2,(H,35,36)(H,37,38). The van der Waals surface area contributed by atoms with Crippen molar-refractivity contribution in [1.82, 2.24) is 4.57 Å². The van der Waals surface area contributed by atoms with E-state index in [9.17, 15) is 14.7 Å². The van der Waals surface area contributed by atoms with E-state index in [1.165, 1.54) is 0 Å². The molecule has 40 heavy (non-hydrogen) atoms. The third-order valence-corrected chi connectivity index (χ3v) is 7.02. The van der Waals surface area contributed by atoms with Gasteiger partial charge in [0.25, 0.3) is 0 Å². The van der Waals surface area contributed by atoms with Crippen molar-refractivity contribution in [2.24, 2.45) is 0 Å². The summed E-state index contributed by atoms with van der Waals surface area (Å²) in [4.78, 5) is 22.4. The van der Waals surface area contributed by atoms with E-state index >= 15 is 0 Å². The molecular formula is C31H29Cl2NO6. The summed E-state index contributed by atoms with van der Waals surface area (Å²) in [5.41, 5.74) is 3.59. The van der Waals surface area contributed by atoms with Crippen molar-refractivity contribution in [2.75, 3.05) is 13.2 Å². The van der Waals surface area contributed by atoms with Gasteiger partial charge in [0.05, 0.1) is 23.8 Å². The predicted octanol–water partition coefficient (Wildman–Crippen LogP) is 7.46. The first kappa shape index (κ1) is 29.1. The topological polar surface area (TPSA) is 98.0 Å². The zero-order valence-corrected chi connectivity index (χ0v) is 23.2. The molecule has 0 aliphatic carbocycles. The number of aromatic nitrogens is 1. The van der Waals surface area contributed by atoms with Gasteiger partial charge in [-0.3, -0.25) is 9.59 Å². The first-order valence-corrected chi connectivity index (χ1v) is 13.6. The Morgan fingerprint density at radius 2 is 1.60 bits per heavy atom. The fourth-order valence-electron chi connectivity index (χ4n) is 4.39. The molecule has 0 unspecified atom stereocenters. The maximum Gasteiger partial charge on any atom is 0.323 e. The Morgan fingerprint density at radius 1 is 0.850 bits per heavy atom. The Morgan fingerprint density at radius 3 is 2.35 bits per heavy atom. The average Bonchev–Trinajstić information content (AvgIpc) is 3.27. The van der Waals surface area contributed by atoms with Crippen LogP contribution < -0.4 is 9.47 Å². The van der Waals surface area contributed by atoms with Crippen molar-refractivity contribution in [3.05, 3.63) is 93.6 Å². The van der Waals surface area contributed by atoms with Gasteiger partial charge in [-0.2, -0.15) is 0 Å². The molecule has 0 saturated carbocycles. The summed E-state index contributed by atoms with van der Waals surface area (Å²) < 4.78 is 13.2. The highest BCUT2D eigenvalue weighted by molar-refractivity contribution is 6.42. The van der Waals surface area contributed by atoms with Crippen molar-refractivity contribution < 1.29 is 29.3 Å². The molecular weight excluding hydrogens is 553 g/mol. The number of carboxylic acid groups (broad SMARTS) is 2. The summed E-state index contributed by atoms with van der Waals surface area (Å²) >= 11 is 12.1. The number of benzene rings is 3. The van der Waals surface area contributed by atoms with Gasteiger partial charge in [0.2, 0.25) is 0 Å². The van der Waals surface area contributed by atoms with Crippen molar-refractivity contribution in [3.8, 4) is 11.5 Å². The van der Waals surface area contributed by atoms with Crippen LogP contribution in [-0.2, 0) is 22.6 Å². The SMILES string of the molecule is O=C(O)CCCc1cn(CC(=O)O)c2c(C=Cc3ccc(OCCCOc4cccc(Cl)c4Cl)cc3)cccc12. The number of carboxylic acids is 2. The van der Waals surface area contributed by atoms with Gasteiger partial charge in [0, 0.05) is 24.4 Å². The van der Waals surface area contributed by atoms with Crippen molar-refractivity contribution in [3.63, 3.8) is 0 Å². The summed E-state index contributed by atoms with van der Waals surface area (Å²) in [6.45, 7) is 0.742. The van der Waals surface area contributed by atoms with E-state index in [0.717, 1.165) is 33.3 Å². The fourth-order valence-corrected chi connectivity index (χ4v) is 4.73. The van der Waals surface area contributed by atoms with Crippen LogP contribution in [0.3, 0.4) is 0 Å². The Kier molecular flexibility index (Phi) is 10.1. The lowest BCUT2D eigenvalue weighted by Crippen LogP contribution is -2.07. The summed E-state index contributed by atoms with van der Waals surface area (Å²) in [6.07, 6.45) is 7.51. The van der Waals surface area contributed by atoms with Crippen molar-refractivity contribution in [2.45, 2.75) is 32.2 Å². The van der Waals surface area contributed by atoms with E-state index in [0.29, 0.717) is 48.3 Å². The van der Waals surface area contributed by atoms with Crippen LogP contribution in [0.4, 0.5) is 0 Å². The summed E-state index contributed by atoms with van der Waals surface area (Å²) in [7, 11) is 0. The number of para-hydroxylation sites is 1. The van der Waals surface area contributed by atoms with Crippen LogP contribution in [0.1, 0.15) is 36.0 Å². The third-order valence-electron chi connectivity index (χ3n) is 6.22. The lowest BCUT2D eigenvalue weighted by atomic mass is 10.0. The Bertz CT molecular complexity index is 1510. The molecule has 0 amide bonds. The number of aryl methyl sites for hydroxylation is 1. The number of fused-ring (bicyclic) bond motifs is 1. The molecule has 7 nitrogen and oxygen atoms in total. The number of hydrogen-bond acceptors (Lipinski definition) is 4. The first-order chi connectivity index (χ1) is 19.3. The molecule has 0 atom stereocenters. The zero-order valence-electron chi connectivity index (χ0n) is 21.7. The normalized spacial score (nSPS) is 11.2. The van der Waals surface area contributed by atoms with E-state index in [2.05, 4.69) is 0 Å². The zero-order chi connectivity index (χ0) is 28.5. The van der Waals surface area contributed by atoms with Gasteiger partial charge in [-0.05, 0) is 53.8 Å². The number of nitrogens with zero attached hydrogens (tertiary/aromatic N) is 1. The van der Waals surface area contributed by atoms with E-state index in [4.69, 9.17) is 37.8 Å². The summed E-state index contributed by atoms with van der Waals surface area (Å²) in [5.74, 6) is -0.502. The van der Waals surface area contributed by atoms with Crippen LogP contribution in [0.15, 0.2) is 66.9 Å². The molecule has 4 rings (SSSR count). The summed E-state index contributed by atoms with van der Waals surface area (Å²) in [5, 5.41) is 20.2. The highest BCUT2D eigenvalue weighted by atomic mass is 35.5. The van der Waals surface area contributed by atoms with Gasteiger partial charge in [0.1, 0.15) is 23.1 Å². The molecule has 4 aromatic rings. The van der Waals surface area contributed by atoms with Gasteiger partial charge < -0.3 is 24.3 Å². The second-order valence-corrected chi connectivity index (χ2v) is 9.96. The van der Waals surface area contributed by atoms with Gasteiger partial charge in [-0.25, -0.2) is 0 Å². The Balaban J connectivity index is 1.38. The lowest BCUT2D eigenvalue weighted by Gasteiger charge is -2.10. The Labute approximate surface area is 242 Å². The maximum absolute atomic E-state index is 11.5. The number of rotatable bonds is 14. The van der Waals surface area contributed by atoms with Crippen LogP contribution in [-0.4, -0.2) is 39.9 Å². The highest BCUT2D eigenvalue weighted by Gasteiger charge is 2.13. The molecule has 1 aromatic heterocycles. The highest BCUT2D eigenvalue weighted by Crippen LogP contribution is 2.31. The van der Waals surface area contributed by atoms with Crippen molar-refractivity contribution >= 4 is 58.2 Å². The van der Waals surface area contributed by atoms with Crippen LogP contribution >= 0.6 is 23.2 Å². The average molecular weight is 582 g/mol. The van der Waals surface area contributed by atoms with Crippen LogP contribution in [0, 0.1) is 0 Å². The molecule has 0 radical (unpaired) electrons. The lowest BCUT2D eigenvalue weighted by molar-refractivity contribution is -0.138.